The van der Waals surface area contributed by atoms with E-state index in [0.29, 0.717) is 0 Å². The van der Waals surface area contributed by atoms with Gasteiger partial charge in [-0.1, -0.05) is 12.1 Å². The molecule has 2 rings (SSSR count). The number of benzene rings is 1. The van der Waals surface area contributed by atoms with Crippen molar-refractivity contribution in [1.82, 2.24) is 4.98 Å². The average molecular weight is 316 g/mol. The van der Waals surface area contributed by atoms with Crippen LogP contribution in [0.1, 0.15) is 5.56 Å². The van der Waals surface area contributed by atoms with Gasteiger partial charge in [0.25, 0.3) is 11.6 Å². The number of amides is 1. The van der Waals surface area contributed by atoms with Crippen molar-refractivity contribution in [3.05, 3.63) is 58.3 Å². The van der Waals surface area contributed by atoms with Crippen molar-refractivity contribution in [3.8, 4) is 11.8 Å². The summed E-state index contributed by atoms with van der Waals surface area (Å²) in [6, 6.07) is 9.94. The van der Waals surface area contributed by atoms with Crippen molar-refractivity contribution in [1.29, 1.82) is 5.26 Å². The topological polar surface area (TPSA) is 118 Å². The molecular formula is C14H9FN4O4. The highest BCUT2D eigenvalue weighted by Gasteiger charge is 2.21. The van der Waals surface area contributed by atoms with Crippen LogP contribution in [-0.4, -0.2) is 22.2 Å². The predicted octanol–water partition coefficient (Wildman–Crippen LogP) is 2.17. The van der Waals surface area contributed by atoms with Crippen molar-refractivity contribution >= 4 is 17.4 Å². The number of rotatable bonds is 5. The van der Waals surface area contributed by atoms with E-state index in [2.05, 4.69) is 10.3 Å². The first-order valence-electron chi connectivity index (χ1n) is 6.22. The van der Waals surface area contributed by atoms with Crippen molar-refractivity contribution in [2.75, 3.05) is 5.32 Å². The number of ether oxygens (including phenoxy) is 1. The van der Waals surface area contributed by atoms with Crippen LogP contribution in [0.25, 0.3) is 0 Å². The van der Waals surface area contributed by atoms with Crippen molar-refractivity contribution in [2.24, 2.45) is 0 Å². The summed E-state index contributed by atoms with van der Waals surface area (Å²) in [5, 5.41) is 21.4. The molecule has 1 unspecified atom stereocenters. The minimum absolute atomic E-state index is 0.0691. The Balaban J connectivity index is 2.02. The number of nitriles is 1. The van der Waals surface area contributed by atoms with E-state index in [0.717, 1.165) is 18.3 Å². The van der Waals surface area contributed by atoms with Crippen LogP contribution in [0, 0.1) is 21.4 Å². The number of carbonyl (C=O) groups is 1. The number of alkyl halides is 1. The SMILES string of the molecule is N#Cc1ccccc1OC(F)C(=O)Nc1ccc([N+](=O)[O-])cn1. The molecule has 8 nitrogen and oxygen atoms in total. The van der Waals surface area contributed by atoms with Crippen molar-refractivity contribution in [3.63, 3.8) is 0 Å². The molecule has 0 fully saturated rings. The summed E-state index contributed by atoms with van der Waals surface area (Å²) < 4.78 is 18.6. The highest BCUT2D eigenvalue weighted by Crippen LogP contribution is 2.19. The summed E-state index contributed by atoms with van der Waals surface area (Å²) in [5.41, 5.74) is -0.185. The Labute approximate surface area is 129 Å². The highest BCUT2D eigenvalue weighted by molar-refractivity contribution is 5.92. The third kappa shape index (κ3) is 3.98. The van der Waals surface area contributed by atoms with Crippen LogP contribution in [0.3, 0.4) is 0 Å². The fourth-order valence-electron chi connectivity index (χ4n) is 1.58. The Morgan fingerprint density at radius 2 is 2.13 bits per heavy atom. The minimum atomic E-state index is -2.37. The number of nitro groups is 1. The molecule has 1 amide bonds. The summed E-state index contributed by atoms with van der Waals surface area (Å²) >= 11 is 0. The lowest BCUT2D eigenvalue weighted by molar-refractivity contribution is -0.385. The van der Waals surface area contributed by atoms with Crippen LogP contribution in [0.4, 0.5) is 15.9 Å². The lowest BCUT2D eigenvalue weighted by Gasteiger charge is -2.12. The van der Waals surface area contributed by atoms with Gasteiger partial charge in [0.15, 0.2) is 0 Å². The Kier molecular flexibility index (Phi) is 4.79. The molecule has 0 radical (unpaired) electrons. The van der Waals surface area contributed by atoms with Crippen LogP contribution in [0.2, 0.25) is 0 Å². The number of hydrogen-bond acceptors (Lipinski definition) is 6. The Morgan fingerprint density at radius 1 is 1.39 bits per heavy atom. The molecule has 0 saturated carbocycles. The second-order valence-electron chi connectivity index (χ2n) is 4.19. The number of nitrogens with one attached hydrogen (secondary N) is 1. The molecule has 2 aromatic rings. The van der Waals surface area contributed by atoms with Crippen LogP contribution in [-0.2, 0) is 4.79 Å². The van der Waals surface area contributed by atoms with E-state index in [1.165, 1.54) is 18.2 Å². The zero-order valence-corrected chi connectivity index (χ0v) is 11.5. The Bertz CT molecular complexity index is 773. The summed E-state index contributed by atoms with van der Waals surface area (Å²) in [7, 11) is 0. The maximum Gasteiger partial charge on any atom is 0.317 e. The monoisotopic (exact) mass is 316 g/mol. The number of para-hydroxylation sites is 1. The van der Waals surface area contributed by atoms with E-state index in [4.69, 9.17) is 10.00 Å². The number of nitrogens with zero attached hydrogens (tertiary/aromatic N) is 3. The number of anilines is 1. The molecule has 1 N–H and O–H groups in total. The third-order valence-corrected chi connectivity index (χ3v) is 2.65. The number of pyridine rings is 1. The van der Waals surface area contributed by atoms with Gasteiger partial charge in [0, 0.05) is 6.07 Å². The number of hydrogen-bond donors (Lipinski definition) is 1. The van der Waals surface area contributed by atoms with E-state index in [1.807, 2.05) is 0 Å². The fraction of sp³-hybridized carbons (Fsp3) is 0.0714. The number of halogens is 1. The van der Waals surface area contributed by atoms with Crippen molar-refractivity contribution < 1.29 is 18.8 Å². The van der Waals surface area contributed by atoms with Gasteiger partial charge in [-0.3, -0.25) is 14.9 Å². The van der Waals surface area contributed by atoms with Gasteiger partial charge >= 0.3 is 6.36 Å². The van der Waals surface area contributed by atoms with Gasteiger partial charge in [-0.05, 0) is 18.2 Å². The summed E-state index contributed by atoms with van der Waals surface area (Å²) in [6.07, 6.45) is -1.45. The van der Waals surface area contributed by atoms with E-state index in [1.54, 1.807) is 12.1 Å². The largest absolute Gasteiger partial charge is 0.450 e. The summed E-state index contributed by atoms with van der Waals surface area (Å²) in [4.78, 5) is 25.1. The van der Waals surface area contributed by atoms with Gasteiger partial charge in [0.2, 0.25) is 0 Å². The van der Waals surface area contributed by atoms with Crippen LogP contribution >= 0.6 is 0 Å². The first-order valence-corrected chi connectivity index (χ1v) is 6.22. The molecule has 1 heterocycles. The number of carbonyl (C=O) groups excluding carboxylic acids is 1. The van der Waals surface area contributed by atoms with Crippen LogP contribution in [0.5, 0.6) is 5.75 Å². The van der Waals surface area contributed by atoms with Gasteiger partial charge < -0.3 is 10.1 Å². The number of aromatic nitrogens is 1. The lowest BCUT2D eigenvalue weighted by atomic mass is 10.2. The molecule has 0 spiro atoms. The molecule has 9 heteroatoms. The van der Waals surface area contributed by atoms with Gasteiger partial charge in [0.1, 0.15) is 23.8 Å². The first kappa shape index (κ1) is 15.8. The Morgan fingerprint density at radius 3 is 2.74 bits per heavy atom. The van der Waals surface area contributed by atoms with Gasteiger partial charge in [0.05, 0.1) is 10.5 Å². The predicted molar refractivity (Wildman–Crippen MR) is 76.2 cm³/mol. The summed E-state index contributed by atoms with van der Waals surface area (Å²) in [5.74, 6) is -1.30. The maximum absolute atomic E-state index is 13.8. The molecule has 0 aliphatic carbocycles. The molecule has 0 aliphatic heterocycles. The minimum Gasteiger partial charge on any atom is -0.450 e. The molecule has 23 heavy (non-hydrogen) atoms. The first-order chi connectivity index (χ1) is 11.0. The van der Waals surface area contributed by atoms with E-state index < -0.39 is 17.2 Å². The zero-order chi connectivity index (χ0) is 16.8. The summed E-state index contributed by atoms with van der Waals surface area (Å²) in [6.45, 7) is 0. The lowest BCUT2D eigenvalue weighted by Crippen LogP contribution is -2.29. The average Bonchev–Trinajstić information content (AvgIpc) is 2.55. The molecule has 1 atom stereocenters. The molecule has 1 aromatic heterocycles. The van der Waals surface area contributed by atoms with Crippen LogP contribution < -0.4 is 10.1 Å². The second-order valence-corrected chi connectivity index (χ2v) is 4.19. The smallest absolute Gasteiger partial charge is 0.317 e. The maximum atomic E-state index is 13.8. The van der Waals surface area contributed by atoms with Gasteiger partial charge in [-0.25, -0.2) is 4.98 Å². The second kappa shape index (κ2) is 6.95. The van der Waals surface area contributed by atoms with Crippen LogP contribution in [0.15, 0.2) is 42.6 Å². The zero-order valence-electron chi connectivity index (χ0n) is 11.5. The quantitative estimate of drug-likeness (QED) is 0.667. The van der Waals surface area contributed by atoms with E-state index >= 15 is 0 Å². The molecule has 0 bridgehead atoms. The van der Waals surface area contributed by atoms with E-state index in [-0.39, 0.29) is 22.8 Å². The standard InChI is InChI=1S/C14H9FN4O4/c15-13(23-11-4-2-1-3-9(11)7-16)14(20)18-12-6-5-10(8-17-12)19(21)22/h1-6,8,13H,(H,17,18,20). The molecule has 0 aliphatic rings. The fourth-order valence-corrected chi connectivity index (χ4v) is 1.58. The molecular weight excluding hydrogens is 307 g/mol. The molecule has 116 valence electrons. The van der Waals surface area contributed by atoms with Crippen molar-refractivity contribution in [2.45, 2.75) is 6.36 Å². The van der Waals surface area contributed by atoms with Gasteiger partial charge in [-0.2, -0.15) is 9.65 Å². The highest BCUT2D eigenvalue weighted by atomic mass is 19.1. The Hall–Kier alpha value is -3.54. The third-order valence-electron chi connectivity index (χ3n) is 2.65. The van der Waals surface area contributed by atoms with E-state index in [9.17, 15) is 19.3 Å². The van der Waals surface area contributed by atoms with Gasteiger partial charge in [-0.15, -0.1) is 0 Å². The molecule has 0 saturated heterocycles. The normalized spacial score (nSPS) is 11.1. The molecule has 1 aromatic carbocycles.